The molecule has 0 saturated carbocycles. The molecule has 4 rings (SSSR count). The van der Waals surface area contributed by atoms with E-state index < -0.39 is 0 Å². The van der Waals surface area contributed by atoms with E-state index in [9.17, 15) is 4.79 Å². The van der Waals surface area contributed by atoms with Crippen molar-refractivity contribution in [2.24, 2.45) is 5.92 Å². The summed E-state index contributed by atoms with van der Waals surface area (Å²) in [5.41, 5.74) is 4.53. The van der Waals surface area contributed by atoms with E-state index in [4.69, 9.17) is 4.98 Å². The molecule has 4 heteroatoms. The first-order valence-electron chi connectivity index (χ1n) is 9.57. The van der Waals surface area contributed by atoms with Crippen molar-refractivity contribution in [1.29, 1.82) is 0 Å². The molecule has 27 heavy (non-hydrogen) atoms. The van der Waals surface area contributed by atoms with Gasteiger partial charge in [-0.2, -0.15) is 0 Å². The van der Waals surface area contributed by atoms with Crippen LogP contribution in [0.5, 0.6) is 0 Å². The molecule has 0 spiro atoms. The Morgan fingerprint density at radius 1 is 1.19 bits per heavy atom. The van der Waals surface area contributed by atoms with Crippen LogP contribution in [0.3, 0.4) is 0 Å². The number of aryl methyl sites for hydroxylation is 2. The Morgan fingerprint density at radius 2 is 2.00 bits per heavy atom. The highest BCUT2D eigenvalue weighted by Gasteiger charge is 2.30. The van der Waals surface area contributed by atoms with Gasteiger partial charge < -0.3 is 4.90 Å². The van der Waals surface area contributed by atoms with Gasteiger partial charge in [0.15, 0.2) is 0 Å². The van der Waals surface area contributed by atoms with Gasteiger partial charge in [-0.05, 0) is 50.8 Å². The van der Waals surface area contributed by atoms with Crippen molar-refractivity contribution in [3.05, 3.63) is 70.7 Å². The second-order valence-corrected chi connectivity index (χ2v) is 8.20. The molecule has 1 aliphatic carbocycles. The molecule has 2 aromatic carbocycles. The Labute approximate surface area is 164 Å². The Hall–Kier alpha value is -2.46. The van der Waals surface area contributed by atoms with Crippen molar-refractivity contribution in [3.8, 4) is 10.6 Å². The van der Waals surface area contributed by atoms with E-state index in [1.807, 2.05) is 35.2 Å². The fourth-order valence-electron chi connectivity index (χ4n) is 3.77. The summed E-state index contributed by atoms with van der Waals surface area (Å²) >= 11 is 1.75. The van der Waals surface area contributed by atoms with Crippen LogP contribution in [0.25, 0.3) is 10.6 Å². The number of hydrogen-bond acceptors (Lipinski definition) is 3. The molecule has 1 unspecified atom stereocenters. The summed E-state index contributed by atoms with van der Waals surface area (Å²) in [7, 11) is 0. The maximum Gasteiger partial charge on any atom is 0.230 e. The van der Waals surface area contributed by atoms with Crippen molar-refractivity contribution < 1.29 is 4.79 Å². The number of rotatable bonds is 4. The lowest BCUT2D eigenvalue weighted by molar-refractivity contribution is -0.122. The first kappa shape index (κ1) is 17.9. The number of aromatic nitrogens is 1. The van der Waals surface area contributed by atoms with E-state index >= 15 is 0 Å². The largest absolute Gasteiger partial charge is 0.312 e. The normalized spacial score (nSPS) is 16.0. The molecule has 0 radical (unpaired) electrons. The van der Waals surface area contributed by atoms with Crippen molar-refractivity contribution in [1.82, 2.24) is 4.98 Å². The average molecular weight is 377 g/mol. The minimum Gasteiger partial charge on any atom is -0.312 e. The van der Waals surface area contributed by atoms with E-state index in [0.717, 1.165) is 35.5 Å². The Balaban J connectivity index is 1.55. The van der Waals surface area contributed by atoms with Crippen LogP contribution in [0.1, 0.15) is 29.5 Å². The van der Waals surface area contributed by atoms with Gasteiger partial charge in [-0.15, -0.1) is 11.3 Å². The fraction of sp³-hybridized carbons (Fsp3) is 0.304. The third kappa shape index (κ3) is 3.67. The van der Waals surface area contributed by atoms with Gasteiger partial charge in [0, 0.05) is 28.6 Å². The third-order valence-electron chi connectivity index (χ3n) is 5.21. The van der Waals surface area contributed by atoms with Crippen molar-refractivity contribution in [3.63, 3.8) is 0 Å². The second-order valence-electron chi connectivity index (χ2n) is 7.12. The van der Waals surface area contributed by atoms with Gasteiger partial charge >= 0.3 is 0 Å². The summed E-state index contributed by atoms with van der Waals surface area (Å²) < 4.78 is 0. The zero-order chi connectivity index (χ0) is 18.8. The maximum atomic E-state index is 13.2. The summed E-state index contributed by atoms with van der Waals surface area (Å²) in [6.45, 7) is 4.81. The number of fused-ring (bicyclic) bond motifs is 1. The van der Waals surface area contributed by atoms with Gasteiger partial charge in [0.2, 0.25) is 5.91 Å². The van der Waals surface area contributed by atoms with E-state index in [-0.39, 0.29) is 11.8 Å². The standard InChI is InChI=1S/C23H24N2OS/c1-3-25(19-11-7-8-16(2)14-19)23(26)18-12-13-20-21(15-18)27-22(24-20)17-9-5-4-6-10-17/h4-11,14,18H,3,12-13,15H2,1-2H3. The summed E-state index contributed by atoms with van der Waals surface area (Å²) in [5.74, 6) is 0.283. The van der Waals surface area contributed by atoms with E-state index in [2.05, 4.69) is 38.1 Å². The van der Waals surface area contributed by atoms with Crippen molar-refractivity contribution in [2.45, 2.75) is 33.1 Å². The van der Waals surface area contributed by atoms with Crippen LogP contribution in [0, 0.1) is 12.8 Å². The number of benzene rings is 2. The number of anilines is 1. The zero-order valence-electron chi connectivity index (χ0n) is 15.8. The van der Waals surface area contributed by atoms with Crippen LogP contribution in [-0.2, 0) is 17.6 Å². The van der Waals surface area contributed by atoms with E-state index in [1.54, 1.807) is 11.3 Å². The van der Waals surface area contributed by atoms with Gasteiger partial charge in [0.1, 0.15) is 5.01 Å². The predicted octanol–water partition coefficient (Wildman–Crippen LogP) is 5.28. The molecule has 3 nitrogen and oxygen atoms in total. The SMILES string of the molecule is CCN(C(=O)C1CCc2nc(-c3ccccc3)sc2C1)c1cccc(C)c1. The van der Waals surface area contributed by atoms with Crippen LogP contribution in [0.4, 0.5) is 5.69 Å². The number of amides is 1. The third-order valence-corrected chi connectivity index (χ3v) is 6.37. The monoisotopic (exact) mass is 376 g/mol. The molecule has 3 aromatic rings. The molecule has 0 fully saturated rings. The molecule has 0 N–H and O–H groups in total. The molecular formula is C23H24N2OS. The number of carbonyl (C=O) groups is 1. The summed E-state index contributed by atoms with van der Waals surface area (Å²) in [4.78, 5) is 21.3. The number of hydrogen-bond donors (Lipinski definition) is 0. The molecule has 1 aromatic heterocycles. The summed E-state index contributed by atoms with van der Waals surface area (Å²) in [6, 6.07) is 18.5. The van der Waals surface area contributed by atoms with Gasteiger partial charge in [0.25, 0.3) is 0 Å². The highest BCUT2D eigenvalue weighted by Crippen LogP contribution is 2.35. The maximum absolute atomic E-state index is 13.2. The Bertz CT molecular complexity index is 948. The summed E-state index contributed by atoms with van der Waals surface area (Å²) in [5, 5.41) is 1.07. The van der Waals surface area contributed by atoms with Crippen LogP contribution in [0.2, 0.25) is 0 Å². The molecule has 1 heterocycles. The topological polar surface area (TPSA) is 33.2 Å². The summed E-state index contributed by atoms with van der Waals surface area (Å²) in [6.07, 6.45) is 2.58. The van der Waals surface area contributed by atoms with Crippen molar-refractivity contribution >= 4 is 22.9 Å². The van der Waals surface area contributed by atoms with E-state index in [1.165, 1.54) is 16.1 Å². The first-order chi connectivity index (χ1) is 13.2. The van der Waals surface area contributed by atoms with Crippen LogP contribution in [0.15, 0.2) is 54.6 Å². The number of thiazole rings is 1. The van der Waals surface area contributed by atoms with E-state index in [0.29, 0.717) is 6.54 Å². The van der Waals surface area contributed by atoms with Gasteiger partial charge in [-0.1, -0.05) is 42.5 Å². The Kier molecular flexibility index (Phi) is 5.08. The molecule has 1 aliphatic rings. The molecule has 0 bridgehead atoms. The minimum atomic E-state index is 0.0436. The zero-order valence-corrected chi connectivity index (χ0v) is 16.6. The first-order valence-corrected chi connectivity index (χ1v) is 10.4. The molecule has 138 valence electrons. The van der Waals surface area contributed by atoms with Crippen LogP contribution >= 0.6 is 11.3 Å². The lowest BCUT2D eigenvalue weighted by Gasteiger charge is -2.28. The second kappa shape index (κ2) is 7.65. The lowest BCUT2D eigenvalue weighted by Crippen LogP contribution is -2.38. The minimum absolute atomic E-state index is 0.0436. The van der Waals surface area contributed by atoms with Gasteiger partial charge in [0.05, 0.1) is 5.69 Å². The smallest absolute Gasteiger partial charge is 0.230 e. The predicted molar refractivity (Wildman–Crippen MR) is 112 cm³/mol. The average Bonchev–Trinajstić information content (AvgIpc) is 3.12. The van der Waals surface area contributed by atoms with Crippen LogP contribution in [-0.4, -0.2) is 17.4 Å². The number of carbonyl (C=O) groups excluding carboxylic acids is 1. The number of nitrogens with zero attached hydrogens (tertiary/aromatic N) is 2. The van der Waals surface area contributed by atoms with Gasteiger partial charge in [-0.25, -0.2) is 4.98 Å². The quantitative estimate of drug-likeness (QED) is 0.621. The van der Waals surface area contributed by atoms with Gasteiger partial charge in [-0.3, -0.25) is 4.79 Å². The Morgan fingerprint density at radius 3 is 2.74 bits per heavy atom. The van der Waals surface area contributed by atoms with Crippen LogP contribution < -0.4 is 4.90 Å². The highest BCUT2D eigenvalue weighted by atomic mass is 32.1. The molecule has 0 aliphatic heterocycles. The highest BCUT2D eigenvalue weighted by molar-refractivity contribution is 7.15. The van der Waals surface area contributed by atoms with Crippen molar-refractivity contribution in [2.75, 3.05) is 11.4 Å². The molecular weight excluding hydrogens is 352 g/mol. The molecule has 1 atom stereocenters. The molecule has 0 saturated heterocycles. The lowest BCUT2D eigenvalue weighted by atomic mass is 9.89. The fourth-order valence-corrected chi connectivity index (χ4v) is 4.97. The molecule has 1 amide bonds.